The summed E-state index contributed by atoms with van der Waals surface area (Å²) >= 11 is 0. The second-order valence-electron chi connectivity index (χ2n) is 5.00. The first kappa shape index (κ1) is 11.1. The molecule has 2 rings (SSSR count). The lowest BCUT2D eigenvalue weighted by Gasteiger charge is -2.07. The lowest BCUT2D eigenvalue weighted by Crippen LogP contribution is -1.98. The minimum Gasteiger partial charge on any atom is -0.258 e. The van der Waals surface area contributed by atoms with Gasteiger partial charge < -0.3 is 0 Å². The van der Waals surface area contributed by atoms with E-state index < -0.39 is 0 Å². The zero-order chi connectivity index (χ0) is 11.9. The zero-order valence-electron chi connectivity index (χ0n) is 9.93. The number of benzene rings is 1. The first-order valence-electron chi connectivity index (χ1n) is 5.76. The van der Waals surface area contributed by atoms with E-state index in [0.29, 0.717) is 17.8 Å². The quantitative estimate of drug-likeness (QED) is 0.575. The van der Waals surface area contributed by atoms with Gasteiger partial charge in [-0.25, -0.2) is 0 Å². The van der Waals surface area contributed by atoms with Gasteiger partial charge in [-0.3, -0.25) is 10.1 Å². The van der Waals surface area contributed by atoms with Gasteiger partial charge in [0.15, 0.2) is 0 Å². The minimum absolute atomic E-state index is 0.256. The summed E-state index contributed by atoms with van der Waals surface area (Å²) in [5.41, 5.74) is 2.28. The summed E-state index contributed by atoms with van der Waals surface area (Å²) in [5.74, 6) is 1.92. The Morgan fingerprint density at radius 2 is 2.12 bits per heavy atom. The van der Waals surface area contributed by atoms with Crippen molar-refractivity contribution in [3.8, 4) is 0 Å². The number of rotatable bonds is 3. The average molecular weight is 219 g/mol. The molecule has 2 atom stereocenters. The molecule has 1 aromatic carbocycles. The summed E-state index contributed by atoms with van der Waals surface area (Å²) in [5, 5.41) is 10.8. The first-order valence-corrected chi connectivity index (χ1v) is 5.76. The Morgan fingerprint density at radius 3 is 2.62 bits per heavy atom. The molecule has 0 amide bonds. The van der Waals surface area contributed by atoms with E-state index in [1.54, 1.807) is 12.1 Å². The third-order valence-corrected chi connectivity index (χ3v) is 3.64. The second-order valence-corrected chi connectivity index (χ2v) is 5.00. The Labute approximate surface area is 95.6 Å². The van der Waals surface area contributed by atoms with Crippen molar-refractivity contribution in [2.75, 3.05) is 0 Å². The van der Waals surface area contributed by atoms with Crippen LogP contribution < -0.4 is 0 Å². The number of nitro groups is 1. The molecule has 1 aliphatic rings. The average Bonchev–Trinajstić information content (AvgIpc) is 2.97. The molecule has 0 radical (unpaired) electrons. The SMILES string of the molecule is Cc1c(C2CC2C(C)C)cccc1[N+](=O)[O-]. The molecule has 1 aliphatic carbocycles. The van der Waals surface area contributed by atoms with E-state index in [-0.39, 0.29) is 10.6 Å². The highest BCUT2D eigenvalue weighted by Crippen LogP contribution is 2.53. The summed E-state index contributed by atoms with van der Waals surface area (Å²) in [6, 6.07) is 5.43. The van der Waals surface area contributed by atoms with Gasteiger partial charge >= 0.3 is 0 Å². The molecule has 0 N–H and O–H groups in total. The van der Waals surface area contributed by atoms with E-state index >= 15 is 0 Å². The van der Waals surface area contributed by atoms with Gasteiger partial charge in [-0.15, -0.1) is 0 Å². The van der Waals surface area contributed by atoms with Gasteiger partial charge in [0.05, 0.1) is 4.92 Å². The van der Waals surface area contributed by atoms with Crippen LogP contribution in [0.15, 0.2) is 18.2 Å². The number of nitrogens with zero attached hydrogens (tertiary/aromatic N) is 1. The molecular formula is C13H17NO2. The topological polar surface area (TPSA) is 43.1 Å². The summed E-state index contributed by atoms with van der Waals surface area (Å²) in [4.78, 5) is 10.6. The Balaban J connectivity index is 2.30. The van der Waals surface area contributed by atoms with Crippen LogP contribution in [0.4, 0.5) is 5.69 Å². The molecular weight excluding hydrogens is 202 g/mol. The van der Waals surface area contributed by atoms with E-state index in [1.165, 1.54) is 12.0 Å². The van der Waals surface area contributed by atoms with Gasteiger partial charge in [-0.05, 0) is 36.7 Å². The predicted octanol–water partition coefficient (Wildman–Crippen LogP) is 3.66. The van der Waals surface area contributed by atoms with Crippen molar-refractivity contribution in [1.29, 1.82) is 0 Å². The van der Waals surface area contributed by atoms with E-state index in [1.807, 2.05) is 13.0 Å². The normalized spacial score (nSPS) is 23.5. The van der Waals surface area contributed by atoms with E-state index in [2.05, 4.69) is 13.8 Å². The third kappa shape index (κ3) is 1.82. The van der Waals surface area contributed by atoms with Crippen molar-refractivity contribution in [2.24, 2.45) is 11.8 Å². The number of hydrogen-bond acceptors (Lipinski definition) is 2. The summed E-state index contributed by atoms with van der Waals surface area (Å²) < 4.78 is 0. The van der Waals surface area contributed by atoms with Crippen LogP contribution in [0.2, 0.25) is 0 Å². The Bertz CT molecular complexity index is 426. The standard InChI is InChI=1S/C13H17NO2/c1-8(2)11-7-12(11)10-5-4-6-13(9(10)3)14(15)16/h4-6,8,11-12H,7H2,1-3H3. The molecule has 1 saturated carbocycles. The molecule has 0 saturated heterocycles. The molecule has 3 heteroatoms. The maximum Gasteiger partial charge on any atom is 0.272 e. The van der Waals surface area contributed by atoms with Gasteiger partial charge in [0.2, 0.25) is 0 Å². The molecule has 86 valence electrons. The minimum atomic E-state index is -0.286. The van der Waals surface area contributed by atoms with Crippen LogP contribution in [-0.2, 0) is 0 Å². The predicted molar refractivity (Wildman–Crippen MR) is 63.5 cm³/mol. The molecule has 0 aromatic heterocycles. The number of hydrogen-bond donors (Lipinski definition) is 0. The lowest BCUT2D eigenvalue weighted by atomic mass is 9.98. The molecule has 2 unspecified atom stereocenters. The first-order chi connectivity index (χ1) is 7.52. The number of nitro benzene ring substituents is 1. The lowest BCUT2D eigenvalue weighted by molar-refractivity contribution is -0.385. The van der Waals surface area contributed by atoms with Gasteiger partial charge in [0.1, 0.15) is 0 Å². The highest BCUT2D eigenvalue weighted by molar-refractivity contribution is 5.47. The van der Waals surface area contributed by atoms with E-state index in [9.17, 15) is 10.1 Å². The van der Waals surface area contributed by atoms with Crippen molar-refractivity contribution in [3.63, 3.8) is 0 Å². The van der Waals surface area contributed by atoms with Crippen LogP contribution in [0.1, 0.15) is 37.3 Å². The molecule has 3 nitrogen and oxygen atoms in total. The maximum atomic E-state index is 10.8. The second kappa shape index (κ2) is 3.89. The van der Waals surface area contributed by atoms with Gasteiger partial charge in [-0.1, -0.05) is 26.0 Å². The fraction of sp³-hybridized carbons (Fsp3) is 0.538. The van der Waals surface area contributed by atoms with Gasteiger partial charge in [0.25, 0.3) is 5.69 Å². The van der Waals surface area contributed by atoms with Gasteiger partial charge in [0, 0.05) is 11.6 Å². The fourth-order valence-electron chi connectivity index (χ4n) is 2.55. The van der Waals surface area contributed by atoms with Crippen LogP contribution in [0, 0.1) is 28.9 Å². The third-order valence-electron chi connectivity index (χ3n) is 3.64. The molecule has 16 heavy (non-hydrogen) atoms. The van der Waals surface area contributed by atoms with Crippen molar-refractivity contribution >= 4 is 5.69 Å². The van der Waals surface area contributed by atoms with Crippen LogP contribution in [0.25, 0.3) is 0 Å². The van der Waals surface area contributed by atoms with Crippen LogP contribution in [0.3, 0.4) is 0 Å². The molecule has 1 aromatic rings. The maximum absolute atomic E-state index is 10.8. The largest absolute Gasteiger partial charge is 0.272 e. The van der Waals surface area contributed by atoms with Crippen molar-refractivity contribution in [1.82, 2.24) is 0 Å². The summed E-state index contributed by atoms with van der Waals surface area (Å²) in [6.07, 6.45) is 1.18. The monoisotopic (exact) mass is 219 g/mol. The summed E-state index contributed by atoms with van der Waals surface area (Å²) in [6.45, 7) is 6.30. The fourth-order valence-corrected chi connectivity index (χ4v) is 2.55. The highest BCUT2D eigenvalue weighted by Gasteiger charge is 2.41. The van der Waals surface area contributed by atoms with Crippen molar-refractivity contribution in [2.45, 2.75) is 33.1 Å². The molecule has 0 bridgehead atoms. The smallest absolute Gasteiger partial charge is 0.258 e. The molecule has 0 heterocycles. The summed E-state index contributed by atoms with van der Waals surface area (Å²) in [7, 11) is 0. The Morgan fingerprint density at radius 1 is 1.44 bits per heavy atom. The Hall–Kier alpha value is -1.38. The van der Waals surface area contributed by atoms with Gasteiger partial charge in [-0.2, -0.15) is 0 Å². The van der Waals surface area contributed by atoms with Crippen molar-refractivity contribution < 1.29 is 4.92 Å². The Kier molecular flexibility index (Phi) is 2.70. The van der Waals surface area contributed by atoms with E-state index in [0.717, 1.165) is 5.56 Å². The highest BCUT2D eigenvalue weighted by atomic mass is 16.6. The van der Waals surface area contributed by atoms with E-state index in [4.69, 9.17) is 0 Å². The van der Waals surface area contributed by atoms with Crippen molar-refractivity contribution in [3.05, 3.63) is 39.4 Å². The molecule has 0 aliphatic heterocycles. The van der Waals surface area contributed by atoms with Crippen LogP contribution in [0.5, 0.6) is 0 Å². The van der Waals surface area contributed by atoms with Crippen LogP contribution >= 0.6 is 0 Å². The van der Waals surface area contributed by atoms with Crippen LogP contribution in [-0.4, -0.2) is 4.92 Å². The molecule has 1 fully saturated rings. The molecule has 0 spiro atoms. The zero-order valence-corrected chi connectivity index (χ0v) is 9.93.